The van der Waals surface area contributed by atoms with Gasteiger partial charge in [-0.2, -0.15) is 0 Å². The lowest BCUT2D eigenvalue weighted by Gasteiger charge is -2.10. The smallest absolute Gasteiger partial charge is 0.251 e. The van der Waals surface area contributed by atoms with E-state index in [9.17, 15) is 4.79 Å². The summed E-state index contributed by atoms with van der Waals surface area (Å²) >= 11 is 3.36. The fraction of sp³-hybridized carbons (Fsp3) is 0.278. The third-order valence-electron chi connectivity index (χ3n) is 3.29. The molecule has 3 nitrogen and oxygen atoms in total. The average molecular weight is 362 g/mol. The van der Waals surface area contributed by atoms with Gasteiger partial charge in [-0.15, -0.1) is 0 Å². The number of rotatable bonds is 7. The van der Waals surface area contributed by atoms with E-state index >= 15 is 0 Å². The largest absolute Gasteiger partial charge is 0.494 e. The normalized spacial score (nSPS) is 10.3. The molecule has 0 aromatic heterocycles. The summed E-state index contributed by atoms with van der Waals surface area (Å²) in [6, 6.07) is 15.4. The van der Waals surface area contributed by atoms with Crippen LogP contribution in [0.15, 0.2) is 53.0 Å². The van der Waals surface area contributed by atoms with E-state index in [0.29, 0.717) is 18.7 Å². The van der Waals surface area contributed by atoms with Crippen molar-refractivity contribution in [3.63, 3.8) is 0 Å². The van der Waals surface area contributed by atoms with Crippen molar-refractivity contribution in [2.24, 2.45) is 0 Å². The highest BCUT2D eigenvalue weighted by atomic mass is 79.9. The first kappa shape index (κ1) is 16.6. The van der Waals surface area contributed by atoms with Gasteiger partial charge in [0.05, 0.1) is 6.61 Å². The quantitative estimate of drug-likeness (QED) is 0.750. The Morgan fingerprint density at radius 3 is 2.59 bits per heavy atom. The summed E-state index contributed by atoms with van der Waals surface area (Å²) in [6.07, 6.45) is 1.77. The van der Waals surface area contributed by atoms with Crippen molar-refractivity contribution in [2.45, 2.75) is 19.8 Å². The molecule has 0 unspecified atom stereocenters. The van der Waals surface area contributed by atoms with Crippen molar-refractivity contribution in [1.29, 1.82) is 0 Å². The standard InChI is InChI=1S/C18H20BrNO2/c1-2-22-17-8-4-3-6-14(17)7-5-13-20-18(21)15-9-11-16(19)12-10-15/h3-4,6,8-12H,2,5,7,13H2,1H3,(H,20,21). The molecule has 2 aromatic rings. The number of benzene rings is 2. The van der Waals surface area contributed by atoms with Crippen LogP contribution in [0.4, 0.5) is 0 Å². The Kier molecular flexibility index (Phi) is 6.46. The number of carbonyl (C=O) groups excluding carboxylic acids is 1. The summed E-state index contributed by atoms with van der Waals surface area (Å²) in [4.78, 5) is 12.0. The van der Waals surface area contributed by atoms with Crippen LogP contribution in [0.3, 0.4) is 0 Å². The number of ether oxygens (including phenoxy) is 1. The van der Waals surface area contributed by atoms with Gasteiger partial charge >= 0.3 is 0 Å². The van der Waals surface area contributed by atoms with E-state index in [4.69, 9.17) is 4.74 Å². The zero-order valence-corrected chi connectivity index (χ0v) is 14.2. The predicted octanol–water partition coefficient (Wildman–Crippen LogP) is 4.21. The molecular weight excluding hydrogens is 342 g/mol. The molecule has 22 heavy (non-hydrogen) atoms. The number of para-hydroxylation sites is 1. The van der Waals surface area contributed by atoms with Crippen molar-refractivity contribution in [2.75, 3.05) is 13.2 Å². The molecule has 0 aliphatic heterocycles. The second-order valence-electron chi connectivity index (χ2n) is 4.91. The lowest BCUT2D eigenvalue weighted by Crippen LogP contribution is -2.24. The van der Waals surface area contributed by atoms with Crippen LogP contribution in [-0.2, 0) is 6.42 Å². The van der Waals surface area contributed by atoms with Crippen LogP contribution in [0, 0.1) is 0 Å². The van der Waals surface area contributed by atoms with E-state index in [-0.39, 0.29) is 5.91 Å². The van der Waals surface area contributed by atoms with E-state index < -0.39 is 0 Å². The highest BCUT2D eigenvalue weighted by molar-refractivity contribution is 9.10. The Hall–Kier alpha value is -1.81. The number of carbonyl (C=O) groups is 1. The Balaban J connectivity index is 1.79. The van der Waals surface area contributed by atoms with Gasteiger partial charge in [0.15, 0.2) is 0 Å². The number of hydrogen-bond donors (Lipinski definition) is 1. The van der Waals surface area contributed by atoms with Gasteiger partial charge in [-0.05, 0) is 55.7 Å². The molecule has 0 aliphatic carbocycles. The first-order chi connectivity index (χ1) is 10.7. The second-order valence-corrected chi connectivity index (χ2v) is 5.82. The third-order valence-corrected chi connectivity index (χ3v) is 3.82. The zero-order chi connectivity index (χ0) is 15.8. The molecule has 0 radical (unpaired) electrons. The maximum atomic E-state index is 12.0. The molecule has 0 heterocycles. The second kappa shape index (κ2) is 8.59. The predicted molar refractivity (Wildman–Crippen MR) is 92.4 cm³/mol. The van der Waals surface area contributed by atoms with Gasteiger partial charge in [0.25, 0.3) is 5.91 Å². The summed E-state index contributed by atoms with van der Waals surface area (Å²) in [7, 11) is 0. The number of nitrogens with one attached hydrogen (secondary N) is 1. The van der Waals surface area contributed by atoms with Crippen LogP contribution in [0.2, 0.25) is 0 Å². The summed E-state index contributed by atoms with van der Waals surface area (Å²) in [5.74, 6) is 0.898. The molecule has 2 rings (SSSR count). The maximum absolute atomic E-state index is 12.0. The van der Waals surface area contributed by atoms with E-state index in [1.165, 1.54) is 5.56 Å². The number of hydrogen-bond acceptors (Lipinski definition) is 2. The maximum Gasteiger partial charge on any atom is 0.251 e. The SMILES string of the molecule is CCOc1ccccc1CCCNC(=O)c1ccc(Br)cc1. The number of amides is 1. The van der Waals surface area contributed by atoms with Crippen LogP contribution in [0.5, 0.6) is 5.75 Å². The minimum atomic E-state index is -0.0365. The van der Waals surface area contributed by atoms with Crippen LogP contribution in [0.1, 0.15) is 29.3 Å². The lowest BCUT2D eigenvalue weighted by atomic mass is 10.1. The fourth-order valence-electron chi connectivity index (χ4n) is 2.19. The molecule has 1 N–H and O–H groups in total. The third kappa shape index (κ3) is 4.88. The van der Waals surface area contributed by atoms with Crippen molar-refractivity contribution in [1.82, 2.24) is 5.32 Å². The van der Waals surface area contributed by atoms with Gasteiger partial charge in [-0.1, -0.05) is 34.1 Å². The fourth-order valence-corrected chi connectivity index (χ4v) is 2.46. The molecule has 116 valence electrons. The topological polar surface area (TPSA) is 38.3 Å². The van der Waals surface area contributed by atoms with Crippen LogP contribution in [-0.4, -0.2) is 19.1 Å². The monoisotopic (exact) mass is 361 g/mol. The van der Waals surface area contributed by atoms with E-state index in [1.807, 2.05) is 49.4 Å². The molecule has 0 fully saturated rings. The van der Waals surface area contributed by atoms with Crippen molar-refractivity contribution >= 4 is 21.8 Å². The zero-order valence-electron chi connectivity index (χ0n) is 12.6. The van der Waals surface area contributed by atoms with Crippen molar-refractivity contribution in [3.05, 3.63) is 64.1 Å². The Labute approximate surface area is 139 Å². The van der Waals surface area contributed by atoms with Gasteiger partial charge < -0.3 is 10.1 Å². The van der Waals surface area contributed by atoms with Gasteiger partial charge in [0.2, 0.25) is 0 Å². The first-order valence-electron chi connectivity index (χ1n) is 7.45. The highest BCUT2D eigenvalue weighted by Gasteiger charge is 2.05. The van der Waals surface area contributed by atoms with Gasteiger partial charge in [0, 0.05) is 16.6 Å². The van der Waals surface area contributed by atoms with Crippen molar-refractivity contribution < 1.29 is 9.53 Å². The highest BCUT2D eigenvalue weighted by Crippen LogP contribution is 2.19. The molecule has 1 amide bonds. The molecule has 0 saturated carbocycles. The Morgan fingerprint density at radius 2 is 1.86 bits per heavy atom. The Morgan fingerprint density at radius 1 is 1.14 bits per heavy atom. The molecule has 0 bridgehead atoms. The van der Waals surface area contributed by atoms with Gasteiger partial charge in [0.1, 0.15) is 5.75 Å². The van der Waals surface area contributed by atoms with E-state index in [1.54, 1.807) is 0 Å². The van der Waals surface area contributed by atoms with Gasteiger partial charge in [-0.25, -0.2) is 0 Å². The minimum Gasteiger partial charge on any atom is -0.494 e. The minimum absolute atomic E-state index is 0.0365. The van der Waals surface area contributed by atoms with Crippen LogP contribution in [0.25, 0.3) is 0 Å². The summed E-state index contributed by atoms with van der Waals surface area (Å²) in [5.41, 5.74) is 1.86. The van der Waals surface area contributed by atoms with Crippen molar-refractivity contribution in [3.8, 4) is 5.75 Å². The Bertz CT molecular complexity index is 611. The molecular formula is C18H20BrNO2. The molecule has 0 saturated heterocycles. The molecule has 4 heteroatoms. The lowest BCUT2D eigenvalue weighted by molar-refractivity contribution is 0.0953. The van der Waals surface area contributed by atoms with Gasteiger partial charge in [-0.3, -0.25) is 4.79 Å². The molecule has 0 aliphatic rings. The molecule has 2 aromatic carbocycles. The summed E-state index contributed by atoms with van der Waals surface area (Å²) in [6.45, 7) is 3.29. The van der Waals surface area contributed by atoms with Crippen LogP contribution < -0.4 is 10.1 Å². The first-order valence-corrected chi connectivity index (χ1v) is 8.24. The summed E-state index contributed by atoms with van der Waals surface area (Å²) < 4.78 is 6.57. The average Bonchev–Trinajstić information content (AvgIpc) is 2.53. The van der Waals surface area contributed by atoms with E-state index in [0.717, 1.165) is 23.1 Å². The van der Waals surface area contributed by atoms with E-state index in [2.05, 4.69) is 27.3 Å². The molecule has 0 spiro atoms. The number of halogens is 1. The summed E-state index contributed by atoms with van der Waals surface area (Å²) in [5, 5.41) is 2.95. The number of aryl methyl sites for hydroxylation is 1. The molecule has 0 atom stereocenters. The van der Waals surface area contributed by atoms with Crippen LogP contribution >= 0.6 is 15.9 Å².